The van der Waals surface area contributed by atoms with Crippen molar-refractivity contribution in [2.45, 2.75) is 57.6 Å². The monoisotopic (exact) mass is 700 g/mol. The highest BCUT2D eigenvalue weighted by atomic mass is 32.2. The molecular formula is C34H56N2O5S4. The van der Waals surface area contributed by atoms with Crippen LogP contribution in [0.25, 0.3) is 0 Å². The molecule has 1 saturated heterocycles. The number of rotatable bonds is 5. The first kappa shape index (κ1) is 41.1. The molecule has 0 radical (unpaired) electrons. The van der Waals surface area contributed by atoms with Gasteiger partial charge in [0.15, 0.2) is 9.84 Å². The van der Waals surface area contributed by atoms with Crippen LogP contribution in [0.5, 0.6) is 0 Å². The standard InChI is InChI=1S/C9H12O2S.C9H12OS.C8H17NOS.C8H15NOS/c1-8-3-5-9(6-4-8)7-12(2,10)11;3*1-8-4-6-9(7-5-8)11(2,3)10/h3-6H,7H2,1-2H3;4-7H,2H2,1,3H3;8H,2,4-7H2,1,3H3;4H,2,5-7H2,1,3H3. The summed E-state index contributed by atoms with van der Waals surface area (Å²) in [6, 6.07) is 15.1. The molecule has 0 bridgehead atoms. The predicted molar refractivity (Wildman–Crippen MR) is 203 cm³/mol. The Morgan fingerprint density at radius 1 is 0.689 bits per heavy atom. The first-order valence-corrected chi connectivity index (χ1v) is 23.3. The van der Waals surface area contributed by atoms with Crippen LogP contribution in [0, 0.1) is 19.8 Å². The molecule has 11 heteroatoms. The second-order valence-corrected chi connectivity index (χ2v) is 22.1. The Morgan fingerprint density at radius 2 is 1.13 bits per heavy atom. The number of sulfone groups is 1. The lowest BCUT2D eigenvalue weighted by Gasteiger charge is -2.30. The maximum Gasteiger partial charge on any atom is 0.151 e. The zero-order valence-electron chi connectivity index (χ0n) is 28.6. The van der Waals surface area contributed by atoms with Crippen LogP contribution in [0.1, 0.15) is 49.8 Å². The summed E-state index contributed by atoms with van der Waals surface area (Å²) in [7, 11) is -8.79. The molecule has 0 aliphatic carbocycles. The quantitative estimate of drug-likeness (QED) is 0.319. The molecule has 256 valence electrons. The van der Waals surface area contributed by atoms with Crippen molar-refractivity contribution in [3.63, 3.8) is 0 Å². The lowest BCUT2D eigenvalue weighted by molar-refractivity contribution is 0.299. The smallest absolute Gasteiger partial charge is 0.151 e. The fraction of sp³-hybridized carbons (Fsp3) is 0.500. The van der Waals surface area contributed by atoms with Gasteiger partial charge in [-0.3, -0.25) is 12.6 Å². The van der Waals surface area contributed by atoms with E-state index in [0.717, 1.165) is 54.5 Å². The molecule has 7 nitrogen and oxygen atoms in total. The summed E-state index contributed by atoms with van der Waals surface area (Å²) in [5, 5.41) is 0. The van der Waals surface area contributed by atoms with Crippen LogP contribution < -0.4 is 0 Å². The second-order valence-electron chi connectivity index (χ2n) is 12.6. The van der Waals surface area contributed by atoms with Crippen LogP contribution in [-0.4, -0.2) is 98.5 Å². The molecule has 2 aromatic rings. The average molecular weight is 701 g/mol. The topological polar surface area (TPSA) is 91.8 Å². The number of benzene rings is 2. The molecule has 3 atom stereocenters. The molecule has 2 heterocycles. The fourth-order valence-electron chi connectivity index (χ4n) is 4.29. The van der Waals surface area contributed by atoms with Gasteiger partial charge >= 0.3 is 0 Å². The van der Waals surface area contributed by atoms with E-state index < -0.39 is 38.8 Å². The van der Waals surface area contributed by atoms with E-state index in [1.165, 1.54) is 30.2 Å². The Balaban J connectivity index is 0.000000300. The van der Waals surface area contributed by atoms with Gasteiger partial charge in [0.2, 0.25) is 0 Å². The first-order chi connectivity index (χ1) is 20.5. The van der Waals surface area contributed by atoms with Crippen molar-refractivity contribution in [1.82, 2.24) is 8.61 Å². The van der Waals surface area contributed by atoms with Crippen LogP contribution in [0.3, 0.4) is 0 Å². The molecule has 0 aromatic heterocycles. The van der Waals surface area contributed by atoms with Crippen molar-refractivity contribution in [3.05, 3.63) is 76.9 Å². The molecular weight excluding hydrogens is 645 g/mol. The molecule has 2 aliphatic rings. The Bertz CT molecular complexity index is 1670. The van der Waals surface area contributed by atoms with Crippen molar-refractivity contribution in [1.29, 1.82) is 0 Å². The van der Waals surface area contributed by atoms with E-state index in [1.54, 1.807) is 18.8 Å². The van der Waals surface area contributed by atoms with E-state index in [4.69, 9.17) is 0 Å². The van der Waals surface area contributed by atoms with Gasteiger partial charge in [-0.15, -0.1) is 0 Å². The number of hydrogen-bond acceptors (Lipinski definition) is 5. The zero-order chi connectivity index (χ0) is 34.6. The van der Waals surface area contributed by atoms with Crippen LogP contribution in [0.15, 0.2) is 65.1 Å². The lowest BCUT2D eigenvalue weighted by Crippen LogP contribution is -2.36. The van der Waals surface area contributed by atoms with Gasteiger partial charge in [-0.25, -0.2) is 17.0 Å². The van der Waals surface area contributed by atoms with E-state index in [2.05, 4.69) is 37.5 Å². The molecule has 3 unspecified atom stereocenters. The highest BCUT2D eigenvalue weighted by Crippen LogP contribution is 2.17. The Labute approximate surface area is 276 Å². The maximum absolute atomic E-state index is 11.5. The Morgan fingerprint density at radius 3 is 1.49 bits per heavy atom. The minimum absolute atomic E-state index is 0.132. The first-order valence-electron chi connectivity index (χ1n) is 14.9. The van der Waals surface area contributed by atoms with Gasteiger partial charge in [0.05, 0.1) is 5.75 Å². The fourth-order valence-corrected chi connectivity index (χ4v) is 7.65. The maximum atomic E-state index is 11.5. The minimum Gasteiger partial charge on any atom is -0.263 e. The summed E-state index contributed by atoms with van der Waals surface area (Å²) < 4.78 is 60.0. The van der Waals surface area contributed by atoms with Gasteiger partial charge in [-0.05, 0) is 90.8 Å². The normalized spacial score (nSPS) is 20.1. The highest BCUT2D eigenvalue weighted by Gasteiger charge is 2.18. The van der Waals surface area contributed by atoms with Crippen LogP contribution >= 0.6 is 0 Å². The molecule has 0 spiro atoms. The summed E-state index contributed by atoms with van der Waals surface area (Å²) >= 11 is 0. The van der Waals surface area contributed by atoms with Crippen molar-refractivity contribution in [2.24, 2.45) is 5.92 Å². The molecule has 0 amide bonds. The molecule has 0 N–H and O–H groups in total. The van der Waals surface area contributed by atoms with Gasteiger partial charge in [0.1, 0.15) is 0 Å². The Kier molecular flexibility index (Phi) is 16.3. The largest absolute Gasteiger partial charge is 0.263 e. The van der Waals surface area contributed by atoms with E-state index >= 15 is 0 Å². The zero-order valence-corrected chi connectivity index (χ0v) is 31.9. The van der Waals surface area contributed by atoms with Gasteiger partial charge in [-0.2, -0.15) is 0 Å². The van der Waals surface area contributed by atoms with Gasteiger partial charge in [0.25, 0.3) is 0 Å². The predicted octanol–water partition coefficient (Wildman–Crippen LogP) is 5.12. The number of piperidine rings is 1. The number of aryl methyl sites for hydroxylation is 2. The highest BCUT2D eigenvalue weighted by molar-refractivity contribution is 7.99. The van der Waals surface area contributed by atoms with E-state index in [9.17, 15) is 21.0 Å². The van der Waals surface area contributed by atoms with Gasteiger partial charge in [-0.1, -0.05) is 66.1 Å². The van der Waals surface area contributed by atoms with Crippen molar-refractivity contribution >= 4 is 56.4 Å². The van der Waals surface area contributed by atoms with Crippen LogP contribution in [-0.2, 0) is 44.5 Å². The molecule has 45 heavy (non-hydrogen) atoms. The van der Waals surface area contributed by atoms with Crippen molar-refractivity contribution in [2.75, 3.05) is 51.2 Å². The summed E-state index contributed by atoms with van der Waals surface area (Å²) in [4.78, 5) is 0.822. The molecule has 1 fully saturated rings. The van der Waals surface area contributed by atoms with E-state index in [-0.39, 0.29) is 5.75 Å². The molecule has 0 saturated carbocycles. The molecule has 4 rings (SSSR count). The summed E-state index contributed by atoms with van der Waals surface area (Å²) in [6.07, 6.45) is 11.8. The van der Waals surface area contributed by atoms with Crippen molar-refractivity contribution < 1.29 is 21.0 Å². The third kappa shape index (κ3) is 18.1. The molecule has 2 aromatic carbocycles. The number of nitrogens with zero attached hydrogens (tertiary/aromatic N) is 2. The third-order valence-electron chi connectivity index (χ3n) is 7.30. The Hall–Kier alpha value is -1.89. The van der Waals surface area contributed by atoms with Gasteiger partial charge in [0, 0.05) is 75.5 Å². The average Bonchev–Trinajstić information content (AvgIpc) is 2.90. The minimum atomic E-state index is -2.89. The molecule has 2 aliphatic heterocycles. The van der Waals surface area contributed by atoms with Crippen molar-refractivity contribution in [3.8, 4) is 0 Å². The SMILES string of the molecule is C=S(C)(=O)N1CC=C(C)CC1.C=S(C)(=O)N1CCC(C)CC1.C=S(C)(=O)c1ccc(C)cc1.Cc1ccc(CS(C)(=O)=O)cc1. The number of hydrogen-bond donors (Lipinski definition) is 0. The van der Waals surface area contributed by atoms with Crippen LogP contribution in [0.4, 0.5) is 0 Å². The van der Waals surface area contributed by atoms with E-state index in [1.807, 2.05) is 71.0 Å². The lowest BCUT2D eigenvalue weighted by atomic mass is 10.0. The van der Waals surface area contributed by atoms with E-state index in [0.29, 0.717) is 0 Å². The summed E-state index contributed by atoms with van der Waals surface area (Å²) in [6.45, 7) is 11.9. The third-order valence-corrected chi connectivity index (χ3v) is 12.3. The van der Waals surface area contributed by atoms with Crippen LogP contribution in [0.2, 0.25) is 0 Å². The summed E-state index contributed by atoms with van der Waals surface area (Å²) in [5.41, 5.74) is 4.57. The second kappa shape index (κ2) is 17.9. The summed E-state index contributed by atoms with van der Waals surface area (Å²) in [5.74, 6) is 11.8. The van der Waals surface area contributed by atoms with Gasteiger partial charge < -0.3 is 0 Å².